The standard InChI is InChI=1S/C6H13NO4S2/c1-4-11-7-5(2)6(3)12-13(8,9)10/h6H,4H2,1-3H3,(H,8,9,10)/b7-5-/t6-/m0/s1. The van der Waals surface area contributed by atoms with Crippen molar-refractivity contribution in [3.63, 3.8) is 0 Å². The summed E-state index contributed by atoms with van der Waals surface area (Å²) < 4.78 is 29.4. The first kappa shape index (κ1) is 12.7. The summed E-state index contributed by atoms with van der Waals surface area (Å²) in [6.45, 7) is 5.47. The fourth-order valence-corrected chi connectivity index (χ4v) is 2.55. The Morgan fingerprint density at radius 3 is 2.62 bits per heavy atom. The van der Waals surface area contributed by atoms with Crippen LogP contribution < -0.4 is 0 Å². The highest BCUT2D eigenvalue weighted by atomic mass is 33.1. The Morgan fingerprint density at radius 1 is 1.69 bits per heavy atom. The largest absolute Gasteiger partial charge is 0.396 e. The van der Waals surface area contributed by atoms with Gasteiger partial charge in [0.05, 0.1) is 11.0 Å². The molecule has 13 heavy (non-hydrogen) atoms. The number of hydrogen-bond donors (Lipinski definition) is 1. The summed E-state index contributed by atoms with van der Waals surface area (Å²) in [5, 5.41) is 3.23. The van der Waals surface area contributed by atoms with E-state index in [0.717, 1.165) is 0 Å². The first-order valence-electron chi connectivity index (χ1n) is 3.69. The van der Waals surface area contributed by atoms with E-state index < -0.39 is 14.4 Å². The zero-order valence-electron chi connectivity index (χ0n) is 7.72. The molecule has 0 saturated heterocycles. The molecule has 1 atom stereocenters. The topological polar surface area (TPSA) is 76.0 Å². The molecule has 1 N–H and O–H groups in total. The van der Waals surface area contributed by atoms with Crippen LogP contribution in [-0.2, 0) is 14.0 Å². The lowest BCUT2D eigenvalue weighted by Crippen LogP contribution is -2.12. The van der Waals surface area contributed by atoms with Gasteiger partial charge in [-0.2, -0.15) is 8.42 Å². The lowest BCUT2D eigenvalue weighted by atomic mass is 10.3. The van der Waals surface area contributed by atoms with Crippen LogP contribution in [0.3, 0.4) is 0 Å². The van der Waals surface area contributed by atoms with Crippen molar-refractivity contribution >= 4 is 25.7 Å². The smallest absolute Gasteiger partial charge is 0.320 e. The van der Waals surface area contributed by atoms with Crippen LogP contribution in [0.25, 0.3) is 0 Å². The normalized spacial score (nSPS) is 15.5. The molecule has 0 fully saturated rings. The van der Waals surface area contributed by atoms with Gasteiger partial charge in [0.2, 0.25) is 0 Å². The van der Waals surface area contributed by atoms with Crippen LogP contribution in [0.2, 0.25) is 0 Å². The van der Waals surface area contributed by atoms with E-state index in [9.17, 15) is 8.42 Å². The monoisotopic (exact) mass is 227 g/mol. The van der Waals surface area contributed by atoms with Crippen molar-refractivity contribution < 1.29 is 17.8 Å². The third-order valence-electron chi connectivity index (χ3n) is 1.19. The molecule has 0 aromatic rings. The van der Waals surface area contributed by atoms with Gasteiger partial charge in [0, 0.05) is 10.8 Å². The van der Waals surface area contributed by atoms with Gasteiger partial charge >= 0.3 is 9.15 Å². The Morgan fingerprint density at radius 2 is 2.23 bits per heavy atom. The van der Waals surface area contributed by atoms with Crippen molar-refractivity contribution in [3.8, 4) is 0 Å². The van der Waals surface area contributed by atoms with Crippen molar-refractivity contribution in [1.29, 1.82) is 0 Å². The molecule has 0 aliphatic carbocycles. The number of oxime groups is 1. The van der Waals surface area contributed by atoms with Gasteiger partial charge < -0.3 is 4.84 Å². The molecule has 0 bridgehead atoms. The molecule has 78 valence electrons. The average molecular weight is 227 g/mol. The molecule has 0 aliphatic rings. The maximum Gasteiger partial charge on any atom is 0.320 e. The molecule has 0 spiro atoms. The van der Waals surface area contributed by atoms with E-state index in [1.165, 1.54) is 0 Å². The van der Waals surface area contributed by atoms with Gasteiger partial charge in [-0.3, -0.25) is 4.55 Å². The van der Waals surface area contributed by atoms with E-state index in [1.54, 1.807) is 20.8 Å². The third kappa shape index (κ3) is 6.85. The van der Waals surface area contributed by atoms with Crippen LogP contribution >= 0.6 is 10.8 Å². The van der Waals surface area contributed by atoms with E-state index >= 15 is 0 Å². The van der Waals surface area contributed by atoms with Crippen LogP contribution in [0.5, 0.6) is 0 Å². The van der Waals surface area contributed by atoms with Crippen LogP contribution in [0.15, 0.2) is 5.16 Å². The quantitative estimate of drug-likeness (QED) is 0.332. The Bertz CT molecular complexity index is 272. The van der Waals surface area contributed by atoms with Gasteiger partial charge in [0.25, 0.3) is 0 Å². The van der Waals surface area contributed by atoms with Gasteiger partial charge in [-0.1, -0.05) is 5.16 Å². The first-order chi connectivity index (χ1) is 5.87. The van der Waals surface area contributed by atoms with E-state index in [2.05, 4.69) is 5.16 Å². The van der Waals surface area contributed by atoms with Gasteiger partial charge in [-0.15, -0.1) is 0 Å². The van der Waals surface area contributed by atoms with Crippen molar-refractivity contribution in [2.75, 3.05) is 6.61 Å². The fourth-order valence-electron chi connectivity index (χ4n) is 0.493. The van der Waals surface area contributed by atoms with Crippen LogP contribution in [0, 0.1) is 0 Å². The van der Waals surface area contributed by atoms with E-state index in [4.69, 9.17) is 9.39 Å². The summed E-state index contributed by atoms with van der Waals surface area (Å²) in [6.07, 6.45) is 0. The maximum atomic E-state index is 10.4. The van der Waals surface area contributed by atoms with Gasteiger partial charge in [0.15, 0.2) is 0 Å². The molecule has 0 amide bonds. The van der Waals surface area contributed by atoms with Crippen molar-refractivity contribution in [3.05, 3.63) is 0 Å². The predicted octanol–water partition coefficient (Wildman–Crippen LogP) is 1.32. The van der Waals surface area contributed by atoms with E-state index in [1.807, 2.05) is 0 Å². The summed E-state index contributed by atoms with van der Waals surface area (Å²) in [5.74, 6) is 0. The molecule has 0 aliphatic heterocycles. The molecule has 7 heteroatoms. The van der Waals surface area contributed by atoms with Crippen molar-refractivity contribution in [2.24, 2.45) is 5.16 Å². The predicted molar refractivity (Wildman–Crippen MR) is 53.3 cm³/mol. The summed E-state index contributed by atoms with van der Waals surface area (Å²) >= 11 is 0. The first-order valence-corrected chi connectivity index (χ1v) is 6.52. The highest BCUT2D eigenvalue weighted by Gasteiger charge is 2.16. The van der Waals surface area contributed by atoms with Crippen LogP contribution in [-0.4, -0.2) is 30.5 Å². The zero-order valence-corrected chi connectivity index (χ0v) is 9.35. The number of rotatable bonds is 5. The molecule has 0 heterocycles. The molecule has 0 aromatic carbocycles. The summed E-state index contributed by atoms with van der Waals surface area (Å²) in [6, 6.07) is 0. The second-order valence-corrected chi connectivity index (χ2v) is 5.91. The molecule has 0 unspecified atom stereocenters. The second kappa shape index (κ2) is 5.46. The maximum absolute atomic E-state index is 10.4. The molecule has 0 saturated carbocycles. The minimum absolute atomic E-state index is 0.415. The van der Waals surface area contributed by atoms with Gasteiger partial charge in [0.1, 0.15) is 6.61 Å². The summed E-state index contributed by atoms with van der Waals surface area (Å²) in [4.78, 5) is 4.73. The molecule has 5 nitrogen and oxygen atoms in total. The third-order valence-corrected chi connectivity index (χ3v) is 3.66. The zero-order chi connectivity index (χ0) is 10.5. The van der Waals surface area contributed by atoms with E-state index in [-0.39, 0.29) is 0 Å². The summed E-state index contributed by atoms with van der Waals surface area (Å²) in [5.41, 5.74) is 0.518. The highest BCUT2D eigenvalue weighted by Crippen LogP contribution is 2.18. The molecule has 0 radical (unpaired) electrons. The lowest BCUT2D eigenvalue weighted by Gasteiger charge is -2.06. The number of hydrogen-bond acceptors (Lipinski definition) is 5. The Kier molecular flexibility index (Phi) is 5.34. The minimum Gasteiger partial charge on any atom is -0.396 e. The lowest BCUT2D eigenvalue weighted by molar-refractivity contribution is 0.158. The summed E-state index contributed by atoms with van der Waals surface area (Å²) in [7, 11) is -3.58. The molecular weight excluding hydrogens is 214 g/mol. The highest BCUT2D eigenvalue weighted by molar-refractivity contribution is 8.70. The average Bonchev–Trinajstić information content (AvgIpc) is 1.96. The van der Waals surface area contributed by atoms with Crippen LogP contribution in [0.1, 0.15) is 20.8 Å². The molecule has 0 aromatic heterocycles. The van der Waals surface area contributed by atoms with Gasteiger partial charge in [-0.25, -0.2) is 0 Å². The van der Waals surface area contributed by atoms with Crippen molar-refractivity contribution in [1.82, 2.24) is 0 Å². The number of nitrogens with zero attached hydrogens (tertiary/aromatic N) is 1. The molecular formula is C6H13NO4S2. The minimum atomic E-state index is -4.01. The Balaban J connectivity index is 4.19. The Hall–Kier alpha value is -0.270. The van der Waals surface area contributed by atoms with Gasteiger partial charge in [-0.05, 0) is 20.8 Å². The Labute approximate surface area is 81.7 Å². The fraction of sp³-hybridized carbons (Fsp3) is 0.833. The SMILES string of the molecule is CCO/N=C(/C)[C@H](C)SS(=O)(=O)O. The van der Waals surface area contributed by atoms with E-state index in [0.29, 0.717) is 23.1 Å². The second-order valence-electron chi connectivity index (χ2n) is 2.32. The molecule has 0 rings (SSSR count). The van der Waals surface area contributed by atoms with Crippen molar-refractivity contribution in [2.45, 2.75) is 26.0 Å². The van der Waals surface area contributed by atoms with Crippen LogP contribution in [0.4, 0.5) is 0 Å².